The number of hydrogen-bond donors (Lipinski definition) is 0. The van der Waals surface area contributed by atoms with Crippen molar-refractivity contribution in [2.24, 2.45) is 4.99 Å². The molecule has 2 atom stereocenters. The number of nitrogens with zero attached hydrogens (tertiary/aromatic N) is 3. The van der Waals surface area contributed by atoms with Gasteiger partial charge in [-0.15, -0.1) is 0 Å². The van der Waals surface area contributed by atoms with Gasteiger partial charge >= 0.3 is 6.09 Å². The summed E-state index contributed by atoms with van der Waals surface area (Å²) in [5, 5.41) is 0. The first-order chi connectivity index (χ1) is 15.4. The fraction of sp³-hybridized carbons (Fsp3) is 0.640. The number of carbonyl (C=O) groups excluding carboxylic acids is 2. The molecule has 1 aliphatic carbocycles. The second kappa shape index (κ2) is 9.69. The first-order valence-corrected chi connectivity index (χ1v) is 12.0. The molecule has 2 amide bonds. The molecule has 2 fully saturated rings. The van der Waals surface area contributed by atoms with Crippen LogP contribution in [0.25, 0.3) is 0 Å². The maximum atomic E-state index is 14.2. The minimum atomic E-state index is -0.480. The first kappa shape index (κ1) is 22.9. The first-order valence-electron chi connectivity index (χ1n) is 12.0. The lowest BCUT2D eigenvalue weighted by molar-refractivity contribution is -0.116. The number of carbonyl (C=O) groups is 2. The minimum absolute atomic E-state index is 0.0134. The number of rotatable bonds is 2. The Kier molecular flexibility index (Phi) is 6.93. The zero-order chi connectivity index (χ0) is 22.7. The lowest BCUT2D eigenvalue weighted by atomic mass is 9.76. The monoisotopic (exact) mass is 443 g/mol. The van der Waals surface area contributed by atoms with Gasteiger partial charge in [0.05, 0.1) is 6.61 Å². The molecule has 174 valence electrons. The van der Waals surface area contributed by atoms with E-state index in [2.05, 4.69) is 9.89 Å². The number of hydrogen-bond acceptors (Lipinski definition) is 4. The van der Waals surface area contributed by atoms with E-state index in [1.807, 2.05) is 4.90 Å². The van der Waals surface area contributed by atoms with E-state index in [1.165, 1.54) is 6.07 Å². The van der Waals surface area contributed by atoms with E-state index in [9.17, 15) is 14.0 Å². The van der Waals surface area contributed by atoms with Crippen LogP contribution in [0.2, 0.25) is 0 Å². The molecular weight excluding hydrogens is 409 g/mol. The van der Waals surface area contributed by atoms with Gasteiger partial charge in [-0.2, -0.15) is 4.99 Å². The van der Waals surface area contributed by atoms with Crippen LogP contribution in [0.3, 0.4) is 0 Å². The van der Waals surface area contributed by atoms with Crippen molar-refractivity contribution in [3.8, 4) is 0 Å². The van der Waals surface area contributed by atoms with Crippen molar-refractivity contribution in [1.82, 2.24) is 4.90 Å². The molecule has 0 aromatic heterocycles. The van der Waals surface area contributed by atoms with Crippen LogP contribution in [-0.4, -0.2) is 54.9 Å². The quantitative estimate of drug-likeness (QED) is 0.613. The molecule has 2 heterocycles. The predicted octanol–water partition coefficient (Wildman–Crippen LogP) is 4.85. The van der Waals surface area contributed by atoms with E-state index in [-0.39, 0.29) is 17.1 Å². The summed E-state index contributed by atoms with van der Waals surface area (Å²) >= 11 is 0. The van der Waals surface area contributed by atoms with Gasteiger partial charge in [-0.3, -0.25) is 9.69 Å². The zero-order valence-corrected chi connectivity index (χ0v) is 19.2. The van der Waals surface area contributed by atoms with Gasteiger partial charge in [0.1, 0.15) is 5.82 Å². The largest absolute Gasteiger partial charge is 0.448 e. The van der Waals surface area contributed by atoms with Gasteiger partial charge < -0.3 is 9.64 Å². The van der Waals surface area contributed by atoms with Crippen molar-refractivity contribution in [1.29, 1.82) is 0 Å². The standard InChI is InChI=1S/C25H34FN3O3/c1-3-32-24(31)27-20-7-4-5-8-21(16-20)28-13-6-11-25(12-14-28)17-29(18(2)30)23-10-9-19(26)15-22(23)25/h9-10,15,21H,3-8,11-14,16-17H2,1-2H3/b27-20+. The van der Waals surface area contributed by atoms with E-state index in [0.29, 0.717) is 19.2 Å². The summed E-state index contributed by atoms with van der Waals surface area (Å²) in [7, 11) is 0. The Morgan fingerprint density at radius 3 is 2.84 bits per heavy atom. The maximum Gasteiger partial charge on any atom is 0.433 e. The van der Waals surface area contributed by atoms with Gasteiger partial charge in [0.25, 0.3) is 0 Å². The molecule has 3 aliphatic rings. The number of anilines is 1. The third kappa shape index (κ3) is 4.72. The third-order valence-electron chi connectivity index (χ3n) is 7.40. The highest BCUT2D eigenvalue weighted by atomic mass is 19.1. The van der Waals surface area contributed by atoms with Gasteiger partial charge in [0, 0.05) is 42.7 Å². The number of halogens is 1. The Labute approximate surface area is 189 Å². The fourth-order valence-corrected chi connectivity index (χ4v) is 5.81. The Hall–Kier alpha value is -2.28. The molecule has 1 aromatic rings. The molecule has 1 saturated heterocycles. The molecule has 1 saturated carbocycles. The van der Waals surface area contributed by atoms with Gasteiger partial charge in [0.2, 0.25) is 5.91 Å². The van der Waals surface area contributed by atoms with E-state index in [1.54, 1.807) is 26.0 Å². The van der Waals surface area contributed by atoms with Crippen molar-refractivity contribution >= 4 is 23.4 Å². The average molecular weight is 444 g/mol. The van der Waals surface area contributed by atoms with Crippen LogP contribution in [0, 0.1) is 5.82 Å². The summed E-state index contributed by atoms with van der Waals surface area (Å²) in [5.41, 5.74) is 2.61. The third-order valence-corrected chi connectivity index (χ3v) is 7.40. The molecule has 0 N–H and O–H groups in total. The van der Waals surface area contributed by atoms with Crippen molar-refractivity contribution in [3.63, 3.8) is 0 Å². The van der Waals surface area contributed by atoms with Crippen LogP contribution in [0.15, 0.2) is 23.2 Å². The van der Waals surface area contributed by atoms with E-state index in [4.69, 9.17) is 4.74 Å². The summed E-state index contributed by atoms with van der Waals surface area (Å²) in [6.45, 7) is 6.23. The number of aliphatic imine (C=N–C) groups is 1. The molecule has 6 nitrogen and oxygen atoms in total. The summed E-state index contributed by atoms with van der Waals surface area (Å²) in [5.74, 6) is -0.224. The van der Waals surface area contributed by atoms with Crippen LogP contribution in [0.4, 0.5) is 14.9 Å². The van der Waals surface area contributed by atoms with Crippen molar-refractivity contribution in [2.75, 3.05) is 31.1 Å². The van der Waals surface area contributed by atoms with Crippen LogP contribution in [0.1, 0.15) is 70.8 Å². The number of ether oxygens (including phenoxy) is 1. The molecule has 0 bridgehead atoms. The van der Waals surface area contributed by atoms with E-state index in [0.717, 1.165) is 81.4 Å². The topological polar surface area (TPSA) is 62.2 Å². The highest BCUT2D eigenvalue weighted by molar-refractivity contribution is 5.95. The molecule has 32 heavy (non-hydrogen) atoms. The SMILES string of the molecule is CCOC(=O)/N=C1\CCCCC(N2CCCC3(CC2)CN(C(C)=O)c2ccc(F)cc23)C1. The van der Waals surface area contributed by atoms with Gasteiger partial charge in [-0.1, -0.05) is 6.42 Å². The molecule has 1 aromatic carbocycles. The summed E-state index contributed by atoms with van der Waals surface area (Å²) in [6.07, 6.45) is 7.29. The highest BCUT2D eigenvalue weighted by Gasteiger charge is 2.45. The highest BCUT2D eigenvalue weighted by Crippen LogP contribution is 2.47. The second-order valence-electron chi connectivity index (χ2n) is 9.42. The predicted molar refractivity (Wildman–Crippen MR) is 123 cm³/mol. The minimum Gasteiger partial charge on any atom is -0.448 e. The van der Waals surface area contributed by atoms with Gasteiger partial charge in [-0.05, 0) is 82.3 Å². The van der Waals surface area contributed by atoms with Crippen molar-refractivity contribution in [2.45, 2.75) is 76.7 Å². The van der Waals surface area contributed by atoms with Crippen LogP contribution >= 0.6 is 0 Å². The summed E-state index contributed by atoms with van der Waals surface area (Å²) < 4.78 is 19.2. The Morgan fingerprint density at radius 2 is 2.06 bits per heavy atom. The van der Waals surface area contributed by atoms with E-state index >= 15 is 0 Å². The lowest BCUT2D eigenvalue weighted by Crippen LogP contribution is -2.39. The van der Waals surface area contributed by atoms with Crippen molar-refractivity contribution < 1.29 is 18.7 Å². The molecular formula is C25H34FN3O3. The maximum absolute atomic E-state index is 14.2. The number of likely N-dealkylation sites (tertiary alicyclic amines) is 1. The molecule has 2 unspecified atom stereocenters. The Bertz CT molecular complexity index is 902. The fourth-order valence-electron chi connectivity index (χ4n) is 5.81. The molecule has 0 radical (unpaired) electrons. The Morgan fingerprint density at radius 1 is 1.22 bits per heavy atom. The average Bonchev–Trinajstić information content (AvgIpc) is 2.91. The molecule has 4 rings (SSSR count). The second-order valence-corrected chi connectivity index (χ2v) is 9.42. The smallest absolute Gasteiger partial charge is 0.433 e. The molecule has 7 heteroatoms. The molecule has 1 spiro atoms. The summed E-state index contributed by atoms with van der Waals surface area (Å²) in [6, 6.07) is 5.21. The molecule has 2 aliphatic heterocycles. The van der Waals surface area contributed by atoms with Crippen molar-refractivity contribution in [3.05, 3.63) is 29.6 Å². The van der Waals surface area contributed by atoms with Crippen LogP contribution in [0.5, 0.6) is 0 Å². The van der Waals surface area contributed by atoms with Gasteiger partial charge in [-0.25, -0.2) is 9.18 Å². The number of fused-ring (bicyclic) bond motifs is 2. The zero-order valence-electron chi connectivity index (χ0n) is 19.2. The number of amides is 2. The lowest BCUT2D eigenvalue weighted by Gasteiger charge is -2.32. The normalized spacial score (nSPS) is 27.8. The van der Waals surface area contributed by atoms with E-state index < -0.39 is 6.09 Å². The number of benzene rings is 1. The Balaban J connectivity index is 1.51. The summed E-state index contributed by atoms with van der Waals surface area (Å²) in [4.78, 5) is 32.8. The van der Waals surface area contributed by atoms with Gasteiger partial charge in [0.15, 0.2) is 0 Å². The van der Waals surface area contributed by atoms with Crippen LogP contribution < -0.4 is 4.90 Å². The van der Waals surface area contributed by atoms with Crippen LogP contribution in [-0.2, 0) is 14.9 Å².